The van der Waals surface area contributed by atoms with Crippen LogP contribution < -0.4 is 0 Å². The lowest BCUT2D eigenvalue weighted by Crippen LogP contribution is -2.39. The highest BCUT2D eigenvalue weighted by Crippen LogP contribution is 2.16. The van der Waals surface area contributed by atoms with Gasteiger partial charge in [0, 0.05) is 0 Å². The van der Waals surface area contributed by atoms with E-state index in [0.717, 1.165) is 6.54 Å². The van der Waals surface area contributed by atoms with Gasteiger partial charge in [0.2, 0.25) is 0 Å². The lowest BCUT2D eigenvalue weighted by Gasteiger charge is -2.20. The van der Waals surface area contributed by atoms with Gasteiger partial charge in [-0.2, -0.15) is 0 Å². The fraction of sp³-hybridized carbons (Fsp3) is 1.00. The van der Waals surface area contributed by atoms with Crippen LogP contribution in [0.4, 0.5) is 0 Å². The molecule has 1 unspecified atom stereocenters. The maximum absolute atomic E-state index is 9.15. The number of rotatable bonds is 1. The summed E-state index contributed by atoms with van der Waals surface area (Å²) in [6, 6.07) is 0.588. The molecule has 52 valence electrons. The average molecular weight is 127 g/mol. The van der Waals surface area contributed by atoms with Gasteiger partial charge in [-0.25, -0.2) is 0 Å². The van der Waals surface area contributed by atoms with Crippen LogP contribution in [0.25, 0.3) is 0 Å². The molecular weight excluding hydrogens is 113 g/mol. The first-order valence-electron chi connectivity index (χ1n) is 3.65. The Morgan fingerprint density at radius 1 is 1.67 bits per heavy atom. The number of hydrogen-bond donors (Lipinski definition) is 1. The molecule has 0 aromatic carbocycles. The molecule has 0 spiro atoms. The Bertz CT molecular complexity index is 97.1. The molecule has 0 saturated carbocycles. The Balaban J connectivity index is 2.40. The molecule has 0 radical (unpaired) electrons. The van der Waals surface area contributed by atoms with Crippen LogP contribution in [0.5, 0.6) is 0 Å². The van der Waals surface area contributed by atoms with E-state index in [2.05, 4.69) is 11.7 Å². The molecule has 0 aromatic rings. The third-order valence-corrected chi connectivity index (χ3v) is 2.08. The van der Waals surface area contributed by atoms with E-state index in [1.165, 1.54) is 12.8 Å². The summed E-state index contributed by atoms with van der Waals surface area (Å²) >= 11 is 0. The molecule has 1 N–H and O–H groups in total. The molecule has 3 heteroatoms. The van der Waals surface area contributed by atoms with Crippen LogP contribution in [0.2, 0.25) is 6.82 Å². The van der Waals surface area contributed by atoms with Crippen LogP contribution in [0.1, 0.15) is 19.8 Å². The smallest absolute Gasteiger partial charge is 0.376 e. The Kier molecular flexibility index (Phi) is 2.14. The SMILES string of the molecule is CB(O)N1CCCC1C. The summed E-state index contributed by atoms with van der Waals surface area (Å²) in [7, 11) is -0.248. The Hall–Kier alpha value is -0.0151. The molecule has 0 bridgehead atoms. The molecule has 1 fully saturated rings. The molecule has 1 saturated heterocycles. The van der Waals surface area contributed by atoms with Gasteiger partial charge in [0.05, 0.1) is 0 Å². The van der Waals surface area contributed by atoms with Crippen molar-refractivity contribution in [3.05, 3.63) is 0 Å². The highest BCUT2D eigenvalue weighted by molar-refractivity contribution is 6.45. The van der Waals surface area contributed by atoms with Crippen molar-refractivity contribution in [2.75, 3.05) is 6.54 Å². The normalized spacial score (nSPS) is 29.0. The largest absolute Gasteiger partial charge is 0.437 e. The van der Waals surface area contributed by atoms with Gasteiger partial charge < -0.3 is 9.83 Å². The lowest BCUT2D eigenvalue weighted by molar-refractivity contribution is 0.362. The molecule has 2 nitrogen and oxygen atoms in total. The van der Waals surface area contributed by atoms with Gasteiger partial charge in [0.25, 0.3) is 0 Å². The second-order valence-electron chi connectivity index (χ2n) is 2.86. The second-order valence-corrected chi connectivity index (χ2v) is 2.86. The first kappa shape index (κ1) is 7.10. The zero-order valence-electron chi connectivity index (χ0n) is 6.17. The maximum Gasteiger partial charge on any atom is 0.376 e. The third-order valence-electron chi connectivity index (χ3n) is 2.08. The van der Waals surface area contributed by atoms with Crippen LogP contribution in [0, 0.1) is 0 Å². The summed E-state index contributed by atoms with van der Waals surface area (Å²) < 4.78 is 0. The molecule has 1 heterocycles. The van der Waals surface area contributed by atoms with E-state index >= 15 is 0 Å². The quantitative estimate of drug-likeness (QED) is 0.521. The highest BCUT2D eigenvalue weighted by Gasteiger charge is 2.25. The monoisotopic (exact) mass is 127 g/mol. The van der Waals surface area contributed by atoms with E-state index in [0.29, 0.717) is 6.04 Å². The van der Waals surface area contributed by atoms with Crippen molar-refractivity contribution in [3.8, 4) is 0 Å². The van der Waals surface area contributed by atoms with Crippen molar-refractivity contribution >= 4 is 7.05 Å². The van der Waals surface area contributed by atoms with Crippen LogP contribution in [-0.2, 0) is 0 Å². The summed E-state index contributed by atoms with van der Waals surface area (Å²) in [4.78, 5) is 2.12. The zero-order chi connectivity index (χ0) is 6.85. The van der Waals surface area contributed by atoms with Gasteiger partial charge in [-0.15, -0.1) is 0 Å². The van der Waals surface area contributed by atoms with Crippen molar-refractivity contribution in [3.63, 3.8) is 0 Å². The van der Waals surface area contributed by atoms with Crippen molar-refractivity contribution in [2.24, 2.45) is 0 Å². The number of hydrogen-bond acceptors (Lipinski definition) is 2. The topological polar surface area (TPSA) is 23.5 Å². The first-order chi connectivity index (χ1) is 4.22. The summed E-state index contributed by atoms with van der Waals surface area (Å²) in [5.74, 6) is 0. The van der Waals surface area contributed by atoms with E-state index < -0.39 is 0 Å². The third kappa shape index (κ3) is 1.46. The predicted octanol–water partition coefficient (Wildman–Crippen LogP) is 0.581. The van der Waals surface area contributed by atoms with Crippen molar-refractivity contribution < 1.29 is 5.02 Å². The van der Waals surface area contributed by atoms with Crippen molar-refractivity contribution in [1.29, 1.82) is 0 Å². The summed E-state index contributed by atoms with van der Waals surface area (Å²) in [6.45, 7) is 5.07. The minimum atomic E-state index is -0.248. The Morgan fingerprint density at radius 2 is 2.33 bits per heavy atom. The average Bonchev–Trinajstić information content (AvgIpc) is 2.13. The molecular formula is C6H14BNO. The van der Waals surface area contributed by atoms with Gasteiger partial charge >= 0.3 is 7.05 Å². The van der Waals surface area contributed by atoms with Gasteiger partial charge in [-0.1, -0.05) is 6.92 Å². The molecule has 0 aliphatic carbocycles. The highest BCUT2D eigenvalue weighted by atomic mass is 16.2. The zero-order valence-corrected chi connectivity index (χ0v) is 6.17. The number of nitrogens with zero attached hydrogens (tertiary/aromatic N) is 1. The molecule has 0 amide bonds. The molecule has 1 atom stereocenters. The standard InChI is InChI=1S/C6H14BNO/c1-6-4-3-5-8(6)7(2)9/h6,9H,3-5H2,1-2H3. The van der Waals surface area contributed by atoms with Gasteiger partial charge in [0.1, 0.15) is 0 Å². The fourth-order valence-electron chi connectivity index (χ4n) is 1.51. The summed E-state index contributed by atoms with van der Waals surface area (Å²) in [5, 5.41) is 9.15. The lowest BCUT2D eigenvalue weighted by atomic mass is 9.84. The molecule has 1 rings (SSSR count). The Labute approximate surface area is 57.0 Å². The van der Waals surface area contributed by atoms with Gasteiger partial charge in [0.15, 0.2) is 0 Å². The van der Waals surface area contributed by atoms with Crippen molar-refractivity contribution in [2.45, 2.75) is 32.6 Å². The maximum atomic E-state index is 9.15. The van der Waals surface area contributed by atoms with Crippen LogP contribution in [0.15, 0.2) is 0 Å². The van der Waals surface area contributed by atoms with E-state index in [1.54, 1.807) is 0 Å². The first-order valence-corrected chi connectivity index (χ1v) is 3.65. The van der Waals surface area contributed by atoms with Crippen molar-refractivity contribution in [1.82, 2.24) is 4.81 Å². The molecule has 1 aliphatic heterocycles. The van der Waals surface area contributed by atoms with Crippen LogP contribution in [-0.4, -0.2) is 29.5 Å². The van der Waals surface area contributed by atoms with Crippen LogP contribution >= 0.6 is 0 Å². The van der Waals surface area contributed by atoms with E-state index in [9.17, 15) is 0 Å². The fourth-order valence-corrected chi connectivity index (χ4v) is 1.51. The van der Waals surface area contributed by atoms with Crippen LogP contribution in [0.3, 0.4) is 0 Å². The Morgan fingerprint density at radius 3 is 2.56 bits per heavy atom. The van der Waals surface area contributed by atoms with Gasteiger partial charge in [-0.3, -0.25) is 0 Å². The second kappa shape index (κ2) is 2.71. The predicted molar refractivity (Wildman–Crippen MR) is 39.2 cm³/mol. The summed E-state index contributed by atoms with van der Waals surface area (Å²) in [5.41, 5.74) is 0. The van der Waals surface area contributed by atoms with E-state index in [-0.39, 0.29) is 7.05 Å². The molecule has 0 aromatic heterocycles. The summed E-state index contributed by atoms with van der Waals surface area (Å²) in [6.07, 6.45) is 2.48. The molecule has 9 heavy (non-hydrogen) atoms. The minimum Gasteiger partial charge on any atom is -0.437 e. The van der Waals surface area contributed by atoms with Gasteiger partial charge in [-0.05, 0) is 32.3 Å². The van der Waals surface area contributed by atoms with E-state index in [1.807, 2.05) is 6.82 Å². The minimum absolute atomic E-state index is 0.248. The van der Waals surface area contributed by atoms with E-state index in [4.69, 9.17) is 5.02 Å². The molecule has 1 aliphatic rings.